The lowest BCUT2D eigenvalue weighted by Crippen LogP contribution is -2.74. The Bertz CT molecular complexity index is 2640. The van der Waals surface area contributed by atoms with Crippen LogP contribution in [0.5, 0.6) is 0 Å². The third-order valence-electron chi connectivity index (χ3n) is 10.9. The molecule has 0 saturated carbocycles. The highest BCUT2D eigenvalue weighted by atomic mass is 32.2. The number of ether oxygens (including phenoxy) is 4. The number of benzene rings is 3. The number of thioether (sulfide) groups is 1. The van der Waals surface area contributed by atoms with Crippen LogP contribution in [-0.4, -0.2) is 114 Å². The highest BCUT2D eigenvalue weighted by Crippen LogP contribution is 2.61. The Morgan fingerprint density at radius 3 is 1.62 bits per heavy atom. The summed E-state index contributed by atoms with van der Waals surface area (Å²) in [7, 11) is -4.23. The van der Waals surface area contributed by atoms with Gasteiger partial charge in [-0.1, -0.05) is 0 Å². The highest BCUT2D eigenvalue weighted by Gasteiger charge is 2.68. The van der Waals surface area contributed by atoms with Gasteiger partial charge in [-0.15, -0.1) is 11.8 Å². The first-order valence-electron chi connectivity index (χ1n) is 22.7. The van der Waals surface area contributed by atoms with Crippen LogP contribution < -0.4 is 0 Å². The minimum atomic E-state index is -4.23. The van der Waals surface area contributed by atoms with Gasteiger partial charge in [0, 0.05) is 60.8 Å². The summed E-state index contributed by atoms with van der Waals surface area (Å²) >= 11 is 1.12. The van der Waals surface area contributed by atoms with Crippen molar-refractivity contribution in [3.63, 3.8) is 0 Å². The van der Waals surface area contributed by atoms with Crippen LogP contribution >= 0.6 is 19.3 Å². The number of rotatable bonds is 22. The molecule has 0 bridgehead atoms. The van der Waals surface area contributed by atoms with E-state index in [4.69, 9.17) is 32.5 Å². The van der Waals surface area contributed by atoms with Crippen molar-refractivity contribution < 1.29 is 71.3 Å². The number of aliphatic imine (C=N–C) groups is 1. The zero-order valence-electron chi connectivity index (χ0n) is 41.1. The van der Waals surface area contributed by atoms with E-state index in [2.05, 4.69) is 4.99 Å². The molecule has 3 aromatic rings. The number of β-lactam (4-membered cyclic amide) rings is 1. The third kappa shape index (κ3) is 14.4. The summed E-state index contributed by atoms with van der Waals surface area (Å²) in [6.07, 6.45) is -4.56. The predicted molar refractivity (Wildman–Crippen MR) is 265 cm³/mol. The Kier molecular flexibility index (Phi) is 19.6. The first-order valence-corrected chi connectivity index (χ1v) is 25.2. The van der Waals surface area contributed by atoms with Crippen molar-refractivity contribution in [1.29, 1.82) is 0 Å². The van der Waals surface area contributed by atoms with Crippen molar-refractivity contribution in [3.8, 4) is 0 Å². The number of carbonyl (C=O) groups excluding carboxylic acids is 5. The number of amides is 2. The normalized spacial score (nSPS) is 18.2. The maximum absolute atomic E-state index is 15.3. The van der Waals surface area contributed by atoms with Gasteiger partial charge in [0.25, 0.3) is 24.6 Å². The van der Waals surface area contributed by atoms with Crippen LogP contribution in [0.15, 0.2) is 83.9 Å². The van der Waals surface area contributed by atoms with Gasteiger partial charge in [-0.25, -0.2) is 19.2 Å². The van der Waals surface area contributed by atoms with Gasteiger partial charge < -0.3 is 37.4 Å². The summed E-state index contributed by atoms with van der Waals surface area (Å²) in [5.41, 5.74) is -1.92. The van der Waals surface area contributed by atoms with Gasteiger partial charge in [0.15, 0.2) is 0 Å². The van der Waals surface area contributed by atoms with E-state index < -0.39 is 106 Å². The van der Waals surface area contributed by atoms with Crippen molar-refractivity contribution in [2.75, 3.05) is 13.1 Å². The molecule has 0 aliphatic carbocycles. The molecule has 4 unspecified atom stereocenters. The highest BCUT2D eigenvalue weighted by molar-refractivity contribution is 8.00. The van der Waals surface area contributed by atoms with Gasteiger partial charge in [-0.05, 0) is 115 Å². The molecular formula is C47H55N6O18PS. The standard InChI is InChI=1S/C47H55N6O18PS/c1-29(2)69-72(70-30(3)4,71-31(5)6)41(42(55)65-26-34-9-15-37(16-10-34)51(59)60)50-43(56)47(22-24-54,32(7)68-46(58)67-28-36-13-19-39(20-14-36)53(63)64)44(50)73-40-21-23-49(25-40)33(8)48-45(57)66-27-35-11-17-38(18-12-35)52(61)62/h9-20,22,29-32,40,44H,21,23,25-28H2,1-8H3. The average Bonchev–Trinajstić information content (AvgIpc) is 3.81. The summed E-state index contributed by atoms with van der Waals surface area (Å²) in [5, 5.41) is 31.8. The Hall–Kier alpha value is -7.01. The quantitative estimate of drug-likeness (QED) is 0.0105. The zero-order chi connectivity index (χ0) is 53.8. The molecule has 26 heteroatoms. The van der Waals surface area contributed by atoms with E-state index in [1.54, 1.807) is 59.3 Å². The molecule has 2 aliphatic heterocycles. The SMILES string of the molecule is CC(=NC(=O)OCc1ccc([N+](=O)[O-])cc1)N1CCC(SC2N(C(C(=O)OCc3ccc([N+](=O)[O-])cc3)=P(OC(C)C)(OC(C)C)OC(C)C)C(=O)C2(C=C=O)C(C)OC(=O)OCc2ccc([N+](=O)[O-])cc2)C1. The van der Waals surface area contributed by atoms with Crippen LogP contribution in [0.1, 0.15) is 78.5 Å². The molecule has 2 heterocycles. The summed E-state index contributed by atoms with van der Waals surface area (Å²) in [4.78, 5) is 108. The van der Waals surface area contributed by atoms with Crippen molar-refractivity contribution in [1.82, 2.24) is 9.80 Å². The van der Waals surface area contributed by atoms with Crippen molar-refractivity contribution >= 4 is 77.7 Å². The summed E-state index contributed by atoms with van der Waals surface area (Å²) in [6.45, 7) is 12.3. The van der Waals surface area contributed by atoms with Crippen LogP contribution in [-0.2, 0) is 66.7 Å². The second-order valence-corrected chi connectivity index (χ2v) is 20.8. The van der Waals surface area contributed by atoms with E-state index >= 15 is 4.79 Å². The lowest BCUT2D eigenvalue weighted by molar-refractivity contribution is -0.385. The number of nitro groups is 3. The fraction of sp³-hybridized carbons (Fsp3) is 0.447. The molecule has 73 heavy (non-hydrogen) atoms. The fourth-order valence-electron chi connectivity index (χ4n) is 7.54. The Morgan fingerprint density at radius 2 is 1.19 bits per heavy atom. The van der Waals surface area contributed by atoms with Crippen LogP contribution in [0.4, 0.5) is 26.7 Å². The van der Waals surface area contributed by atoms with Crippen LogP contribution in [0.2, 0.25) is 0 Å². The molecular weight excluding hydrogens is 1000 g/mol. The van der Waals surface area contributed by atoms with E-state index in [1.165, 1.54) is 79.7 Å². The molecule has 392 valence electrons. The molecule has 2 amide bonds. The Balaban J connectivity index is 1.55. The largest absolute Gasteiger partial charge is 0.508 e. The molecule has 2 saturated heterocycles. The van der Waals surface area contributed by atoms with Gasteiger partial charge in [0.1, 0.15) is 48.5 Å². The number of hydrogen-bond acceptors (Lipinski definition) is 19. The number of amidine groups is 1. The van der Waals surface area contributed by atoms with Gasteiger partial charge in [-0.2, -0.15) is 4.99 Å². The smallest absolute Gasteiger partial charge is 0.456 e. The predicted octanol–water partition coefficient (Wildman–Crippen LogP) is 8.47. The number of nitrogens with zero attached hydrogens (tertiary/aromatic N) is 6. The Morgan fingerprint density at radius 1 is 0.753 bits per heavy atom. The van der Waals surface area contributed by atoms with Gasteiger partial charge in [0.05, 0.1) is 33.1 Å². The molecule has 0 radical (unpaired) electrons. The minimum Gasteiger partial charge on any atom is -0.456 e. The van der Waals surface area contributed by atoms with Gasteiger partial charge >= 0.3 is 18.2 Å². The van der Waals surface area contributed by atoms with Crippen LogP contribution in [0, 0.1) is 35.8 Å². The maximum Gasteiger partial charge on any atom is 0.508 e. The number of carbonyl (C=O) groups is 4. The topological polar surface area (TPSA) is 298 Å². The van der Waals surface area contributed by atoms with Crippen molar-refractivity contribution in [2.45, 2.75) is 117 Å². The Labute approximate surface area is 423 Å². The molecule has 0 N–H and O–H groups in total. The van der Waals surface area contributed by atoms with E-state index in [9.17, 15) is 49.5 Å². The summed E-state index contributed by atoms with van der Waals surface area (Å²) in [6, 6.07) is 15.9. The zero-order valence-corrected chi connectivity index (χ0v) is 42.8. The lowest BCUT2D eigenvalue weighted by atomic mass is 9.73. The molecule has 3 aromatic carbocycles. The molecule has 0 aromatic heterocycles. The first kappa shape index (κ1) is 56.9. The van der Waals surface area contributed by atoms with E-state index in [-0.39, 0.29) is 36.0 Å². The number of nitro benzene ring substituents is 3. The number of hydrogen-bond donors (Lipinski definition) is 0. The number of non-ortho nitro benzene ring substituents is 3. The van der Waals surface area contributed by atoms with Crippen molar-refractivity contribution in [3.05, 3.63) is 126 Å². The fourth-order valence-corrected chi connectivity index (χ4v) is 12.3. The maximum atomic E-state index is 15.3. The molecule has 2 fully saturated rings. The van der Waals surface area contributed by atoms with E-state index in [0.29, 0.717) is 29.7 Å². The summed E-state index contributed by atoms with van der Waals surface area (Å²) < 4.78 is 41.7. The van der Waals surface area contributed by atoms with Crippen LogP contribution in [0.25, 0.3) is 0 Å². The summed E-state index contributed by atoms with van der Waals surface area (Å²) in [5.74, 6) is -0.140. The monoisotopic (exact) mass is 1050 g/mol. The average molecular weight is 1060 g/mol. The second kappa shape index (κ2) is 25.1. The third-order valence-corrected chi connectivity index (χ3v) is 15.5. The minimum absolute atomic E-state index is 0.132. The number of esters is 1. The number of likely N-dealkylation sites (tertiary alicyclic amines) is 2. The molecule has 2 aliphatic rings. The molecule has 5 rings (SSSR count). The lowest BCUT2D eigenvalue weighted by Gasteiger charge is -2.56. The molecule has 4 atom stereocenters. The first-order chi connectivity index (χ1) is 34.5. The van der Waals surface area contributed by atoms with Crippen molar-refractivity contribution in [2.24, 2.45) is 10.4 Å². The molecule has 0 spiro atoms. The van der Waals surface area contributed by atoms with E-state index in [0.717, 1.165) is 22.7 Å². The van der Waals surface area contributed by atoms with Gasteiger partial charge in [-0.3, -0.25) is 40.0 Å². The second-order valence-electron chi connectivity index (χ2n) is 17.4. The molecule has 24 nitrogen and oxygen atoms in total. The van der Waals surface area contributed by atoms with Crippen LogP contribution in [0.3, 0.4) is 0 Å². The van der Waals surface area contributed by atoms with E-state index in [1.807, 2.05) is 0 Å². The van der Waals surface area contributed by atoms with Gasteiger partial charge in [0.2, 0.25) is 11.3 Å².